The van der Waals surface area contributed by atoms with E-state index in [9.17, 15) is 19.7 Å². The predicted octanol–water partition coefficient (Wildman–Crippen LogP) is 0.942. The molecule has 21 heavy (non-hydrogen) atoms. The lowest BCUT2D eigenvalue weighted by atomic mass is 9.88. The summed E-state index contributed by atoms with van der Waals surface area (Å²) in [7, 11) is 0. The first-order chi connectivity index (χ1) is 10.0. The number of benzene rings is 1. The molecule has 0 spiro atoms. The maximum Gasteiger partial charge on any atom is 0.113 e. The molecule has 1 aliphatic rings. The molecule has 0 saturated carbocycles. The van der Waals surface area contributed by atoms with E-state index in [0.717, 1.165) is 16.5 Å². The summed E-state index contributed by atoms with van der Waals surface area (Å²) < 4.78 is 13.8. The van der Waals surface area contributed by atoms with E-state index in [2.05, 4.69) is 21.2 Å². The van der Waals surface area contributed by atoms with Gasteiger partial charge < -0.3 is 20.6 Å². The Hall–Kier alpha value is -0.790. The van der Waals surface area contributed by atoms with Crippen LogP contribution < -0.4 is 5.32 Å². The molecule has 0 aliphatic heterocycles. The van der Waals surface area contributed by atoms with E-state index in [1.54, 1.807) is 0 Å². The Kier molecular flexibility index (Phi) is 5.89. The lowest BCUT2D eigenvalue weighted by molar-refractivity contribution is -0.0628. The minimum absolute atomic E-state index is 0.106. The molecule has 0 aromatic heterocycles. The molecule has 0 unspecified atom stereocenters. The van der Waals surface area contributed by atoms with Gasteiger partial charge in [0.05, 0.1) is 6.04 Å². The predicted molar refractivity (Wildman–Crippen MR) is 81.7 cm³/mol. The zero-order valence-electron chi connectivity index (χ0n) is 11.4. The quantitative estimate of drug-likeness (QED) is 0.590. The summed E-state index contributed by atoms with van der Waals surface area (Å²) in [6.07, 6.45) is -1.65. The third-order valence-electron chi connectivity index (χ3n) is 3.68. The molecular formula is C15H19BrFNO3. The first kappa shape index (κ1) is 16.6. The maximum atomic E-state index is 12.8. The molecule has 0 fully saturated rings. The highest BCUT2D eigenvalue weighted by atomic mass is 79.9. The van der Waals surface area contributed by atoms with Crippen molar-refractivity contribution >= 4 is 15.9 Å². The molecule has 4 atom stereocenters. The fraction of sp³-hybridized carbons (Fsp3) is 0.467. The summed E-state index contributed by atoms with van der Waals surface area (Å²) in [5.74, 6) is 0. The second-order valence-corrected chi connectivity index (χ2v) is 6.07. The number of hydrogen-bond acceptors (Lipinski definition) is 4. The van der Waals surface area contributed by atoms with Crippen molar-refractivity contribution in [3.63, 3.8) is 0 Å². The Labute approximate surface area is 131 Å². The molecule has 4 nitrogen and oxygen atoms in total. The van der Waals surface area contributed by atoms with Crippen molar-refractivity contribution < 1.29 is 19.7 Å². The van der Waals surface area contributed by atoms with Gasteiger partial charge in [0.25, 0.3) is 0 Å². The van der Waals surface area contributed by atoms with E-state index in [0.29, 0.717) is 6.54 Å². The van der Waals surface area contributed by atoms with Crippen LogP contribution in [0.4, 0.5) is 4.39 Å². The first-order valence-corrected chi connectivity index (χ1v) is 7.61. The van der Waals surface area contributed by atoms with Gasteiger partial charge in [0.1, 0.15) is 25.0 Å². The number of nitrogens with one attached hydrogen (secondary N) is 1. The van der Waals surface area contributed by atoms with Crippen molar-refractivity contribution in [3.05, 3.63) is 46.0 Å². The van der Waals surface area contributed by atoms with Crippen LogP contribution >= 0.6 is 15.9 Å². The molecule has 6 heteroatoms. The molecule has 0 bridgehead atoms. The van der Waals surface area contributed by atoms with Gasteiger partial charge >= 0.3 is 0 Å². The average Bonchev–Trinajstić information content (AvgIpc) is 2.49. The molecule has 4 N–H and O–H groups in total. The van der Waals surface area contributed by atoms with Crippen LogP contribution in [0.3, 0.4) is 0 Å². The fourth-order valence-corrected chi connectivity index (χ4v) is 2.65. The number of rotatable bonds is 5. The van der Waals surface area contributed by atoms with Crippen LogP contribution in [0, 0.1) is 0 Å². The Balaban J connectivity index is 1.92. The Morgan fingerprint density at radius 1 is 1.10 bits per heavy atom. The molecule has 0 radical (unpaired) electrons. The highest BCUT2D eigenvalue weighted by molar-refractivity contribution is 9.10. The Morgan fingerprint density at radius 2 is 1.76 bits per heavy atom. The second-order valence-electron chi connectivity index (χ2n) is 5.16. The highest BCUT2D eigenvalue weighted by Gasteiger charge is 2.36. The molecule has 0 heterocycles. The summed E-state index contributed by atoms with van der Waals surface area (Å²) >= 11 is 3.37. The van der Waals surface area contributed by atoms with E-state index in [1.807, 2.05) is 24.3 Å². The lowest BCUT2D eigenvalue weighted by Crippen LogP contribution is -2.54. The normalized spacial score (nSPS) is 29.3. The first-order valence-electron chi connectivity index (χ1n) is 6.81. The topological polar surface area (TPSA) is 72.7 Å². The standard InChI is InChI=1S/C15H19BrFNO3/c16-11-3-1-9(2-4-11)5-6-18-12-7-10(8-17)13(19)15(21)14(12)20/h1-4,7,12-15,18-21H,5-6,8H2/t12-,13+,14+,15+/m1/s1. The zero-order chi connectivity index (χ0) is 15.4. The number of hydrogen-bond donors (Lipinski definition) is 4. The van der Waals surface area contributed by atoms with Gasteiger partial charge in [-0.1, -0.05) is 34.1 Å². The van der Waals surface area contributed by atoms with Gasteiger partial charge in [-0.3, -0.25) is 0 Å². The van der Waals surface area contributed by atoms with Gasteiger partial charge in [0.2, 0.25) is 0 Å². The van der Waals surface area contributed by atoms with Gasteiger partial charge in [0, 0.05) is 4.47 Å². The number of alkyl halides is 1. The summed E-state index contributed by atoms with van der Waals surface area (Å²) in [5.41, 5.74) is 1.24. The van der Waals surface area contributed by atoms with Crippen molar-refractivity contribution in [2.24, 2.45) is 0 Å². The monoisotopic (exact) mass is 359 g/mol. The van der Waals surface area contributed by atoms with Crippen LogP contribution in [0.1, 0.15) is 5.56 Å². The Morgan fingerprint density at radius 3 is 2.38 bits per heavy atom. The largest absolute Gasteiger partial charge is 0.388 e. The lowest BCUT2D eigenvalue weighted by Gasteiger charge is -2.34. The van der Waals surface area contributed by atoms with Crippen LogP contribution in [0.15, 0.2) is 40.4 Å². The summed E-state index contributed by atoms with van der Waals surface area (Å²) in [6.45, 7) is -0.266. The number of halogens is 2. The summed E-state index contributed by atoms with van der Waals surface area (Å²) in [5, 5.41) is 32.3. The van der Waals surface area contributed by atoms with Crippen molar-refractivity contribution in [1.82, 2.24) is 5.32 Å². The van der Waals surface area contributed by atoms with Crippen molar-refractivity contribution in [2.45, 2.75) is 30.8 Å². The molecule has 1 aliphatic carbocycles. The van der Waals surface area contributed by atoms with Crippen LogP contribution in [0.25, 0.3) is 0 Å². The molecule has 1 aromatic carbocycles. The highest BCUT2D eigenvalue weighted by Crippen LogP contribution is 2.20. The average molecular weight is 360 g/mol. The van der Waals surface area contributed by atoms with E-state index in [4.69, 9.17) is 0 Å². The maximum absolute atomic E-state index is 12.8. The van der Waals surface area contributed by atoms with Crippen molar-refractivity contribution in [1.29, 1.82) is 0 Å². The minimum atomic E-state index is -1.37. The van der Waals surface area contributed by atoms with Gasteiger partial charge in [-0.25, -0.2) is 4.39 Å². The second kappa shape index (κ2) is 7.47. The van der Waals surface area contributed by atoms with E-state index >= 15 is 0 Å². The van der Waals surface area contributed by atoms with Gasteiger partial charge in [-0.15, -0.1) is 0 Å². The van der Waals surface area contributed by atoms with Crippen LogP contribution in [-0.2, 0) is 6.42 Å². The Bertz CT molecular complexity index is 494. The smallest absolute Gasteiger partial charge is 0.113 e. The van der Waals surface area contributed by atoms with E-state index in [-0.39, 0.29) is 5.57 Å². The number of aliphatic hydroxyl groups is 3. The van der Waals surface area contributed by atoms with E-state index in [1.165, 1.54) is 6.08 Å². The summed E-state index contributed by atoms with van der Waals surface area (Å²) in [4.78, 5) is 0. The zero-order valence-corrected chi connectivity index (χ0v) is 13.0. The van der Waals surface area contributed by atoms with Crippen molar-refractivity contribution in [2.75, 3.05) is 13.2 Å². The third kappa shape index (κ3) is 4.11. The third-order valence-corrected chi connectivity index (χ3v) is 4.20. The van der Waals surface area contributed by atoms with Crippen LogP contribution in [-0.4, -0.2) is 52.9 Å². The molecule has 116 valence electrons. The molecule has 0 saturated heterocycles. The van der Waals surface area contributed by atoms with Crippen LogP contribution in [0.2, 0.25) is 0 Å². The molecular weight excluding hydrogens is 341 g/mol. The molecule has 1 aromatic rings. The summed E-state index contributed by atoms with van der Waals surface area (Å²) in [6, 6.07) is 7.32. The molecule has 2 rings (SSSR count). The van der Waals surface area contributed by atoms with Gasteiger partial charge in [-0.2, -0.15) is 0 Å². The van der Waals surface area contributed by atoms with E-state index < -0.39 is 31.0 Å². The van der Waals surface area contributed by atoms with Crippen LogP contribution in [0.5, 0.6) is 0 Å². The molecule has 0 amide bonds. The fourth-order valence-electron chi connectivity index (χ4n) is 2.38. The van der Waals surface area contributed by atoms with Gasteiger partial charge in [0.15, 0.2) is 0 Å². The number of aliphatic hydroxyl groups excluding tert-OH is 3. The minimum Gasteiger partial charge on any atom is -0.388 e. The SMILES string of the molecule is O[C@@H]1[C@@H](O)[C@@H](O)C(CF)=C[C@H]1NCCc1ccc(Br)cc1. The van der Waals surface area contributed by atoms with Gasteiger partial charge in [-0.05, 0) is 36.2 Å². The van der Waals surface area contributed by atoms with Crippen molar-refractivity contribution in [3.8, 4) is 0 Å².